The number of aromatic nitrogens is 1. The zero-order valence-electron chi connectivity index (χ0n) is 16.6. The van der Waals surface area contributed by atoms with E-state index in [9.17, 15) is 13.2 Å². The number of likely N-dealkylation sites (tertiary alicyclic amines) is 1. The monoisotopic (exact) mass is 409 g/mol. The second-order valence-electron chi connectivity index (χ2n) is 7.19. The van der Waals surface area contributed by atoms with Crippen LogP contribution < -0.4 is 10.6 Å². The fourth-order valence-corrected chi connectivity index (χ4v) is 3.23. The molecule has 6 nitrogen and oxygen atoms in total. The van der Waals surface area contributed by atoms with E-state index in [1.807, 2.05) is 38.1 Å². The predicted molar refractivity (Wildman–Crippen MR) is 106 cm³/mol. The van der Waals surface area contributed by atoms with Crippen LogP contribution in [0.4, 0.5) is 13.2 Å². The lowest BCUT2D eigenvalue weighted by Gasteiger charge is -2.19. The maximum Gasteiger partial charge on any atom is 0.401 e. The van der Waals surface area contributed by atoms with Crippen LogP contribution in [0.3, 0.4) is 0 Å². The molecule has 0 bridgehead atoms. The van der Waals surface area contributed by atoms with Gasteiger partial charge in [-0.2, -0.15) is 13.2 Å². The number of hydrogen-bond donors (Lipinski definition) is 2. The van der Waals surface area contributed by atoms with E-state index in [1.54, 1.807) is 6.26 Å². The average Bonchev–Trinajstić information content (AvgIpc) is 3.29. The van der Waals surface area contributed by atoms with Crippen molar-refractivity contribution in [3.05, 3.63) is 41.8 Å². The van der Waals surface area contributed by atoms with E-state index in [0.717, 1.165) is 11.1 Å². The standard InChI is InChI=1S/C20H26F3N5O/c1-3-24-19(27-16-8-9-28(11-16)13-20(21,22)23)25-10-17-12-29-18(26-17)15-6-4-14(2)5-7-15/h4-7,12,16H,3,8-11,13H2,1-2H3,(H2,24,25,27). The summed E-state index contributed by atoms with van der Waals surface area (Å²) < 4.78 is 43.2. The second kappa shape index (κ2) is 9.30. The van der Waals surface area contributed by atoms with Crippen molar-refractivity contribution < 1.29 is 17.6 Å². The molecule has 9 heteroatoms. The lowest BCUT2D eigenvalue weighted by molar-refractivity contribution is -0.143. The number of halogens is 3. The van der Waals surface area contributed by atoms with Crippen molar-refractivity contribution in [1.82, 2.24) is 20.5 Å². The molecule has 2 N–H and O–H groups in total. The van der Waals surface area contributed by atoms with E-state index in [4.69, 9.17) is 4.42 Å². The summed E-state index contributed by atoms with van der Waals surface area (Å²) in [6, 6.07) is 7.82. The van der Waals surface area contributed by atoms with Gasteiger partial charge in [0.1, 0.15) is 12.0 Å². The zero-order valence-corrected chi connectivity index (χ0v) is 16.6. The molecule has 0 amide bonds. The van der Waals surface area contributed by atoms with Gasteiger partial charge in [-0.15, -0.1) is 0 Å². The van der Waals surface area contributed by atoms with Crippen molar-refractivity contribution in [3.63, 3.8) is 0 Å². The summed E-state index contributed by atoms with van der Waals surface area (Å²) in [6.45, 7) is 4.79. The number of guanidine groups is 1. The van der Waals surface area contributed by atoms with Crippen molar-refractivity contribution >= 4 is 5.96 Å². The Kier molecular flexibility index (Phi) is 6.79. The summed E-state index contributed by atoms with van der Waals surface area (Å²) in [5.41, 5.74) is 2.74. The molecule has 1 aliphatic heterocycles. The first-order valence-electron chi connectivity index (χ1n) is 9.68. The van der Waals surface area contributed by atoms with Crippen molar-refractivity contribution in [1.29, 1.82) is 0 Å². The number of oxazole rings is 1. The van der Waals surface area contributed by atoms with E-state index >= 15 is 0 Å². The first-order valence-corrected chi connectivity index (χ1v) is 9.68. The molecule has 1 fully saturated rings. The van der Waals surface area contributed by atoms with Gasteiger partial charge in [-0.25, -0.2) is 9.98 Å². The van der Waals surface area contributed by atoms with E-state index in [2.05, 4.69) is 20.6 Å². The number of nitrogens with zero attached hydrogens (tertiary/aromatic N) is 3. The summed E-state index contributed by atoms with van der Waals surface area (Å²) in [4.78, 5) is 10.4. The minimum Gasteiger partial charge on any atom is -0.444 e. The second-order valence-corrected chi connectivity index (χ2v) is 7.19. The third-order valence-electron chi connectivity index (χ3n) is 4.61. The van der Waals surface area contributed by atoms with Crippen LogP contribution in [0, 0.1) is 6.92 Å². The van der Waals surface area contributed by atoms with Crippen molar-refractivity contribution in [2.75, 3.05) is 26.2 Å². The number of alkyl halides is 3. The number of hydrogen-bond acceptors (Lipinski definition) is 4. The molecule has 1 saturated heterocycles. The number of benzene rings is 1. The van der Waals surface area contributed by atoms with E-state index in [-0.39, 0.29) is 6.04 Å². The lowest BCUT2D eigenvalue weighted by atomic mass is 10.1. The molecule has 1 aromatic carbocycles. The molecule has 2 aromatic rings. The molecule has 1 aromatic heterocycles. The fraction of sp³-hybridized carbons (Fsp3) is 0.500. The molecule has 158 valence electrons. The molecule has 0 aliphatic carbocycles. The Morgan fingerprint density at radius 3 is 2.76 bits per heavy atom. The van der Waals surface area contributed by atoms with Gasteiger partial charge < -0.3 is 15.1 Å². The Bertz CT molecular complexity index is 816. The predicted octanol–water partition coefficient (Wildman–Crippen LogP) is 3.34. The summed E-state index contributed by atoms with van der Waals surface area (Å²) in [5, 5.41) is 6.35. The van der Waals surface area contributed by atoms with Gasteiger partial charge in [-0.05, 0) is 32.4 Å². The van der Waals surface area contributed by atoms with Crippen molar-refractivity contribution in [3.8, 4) is 11.5 Å². The topological polar surface area (TPSA) is 65.7 Å². The highest BCUT2D eigenvalue weighted by atomic mass is 19.4. The van der Waals surface area contributed by atoms with Gasteiger partial charge in [-0.1, -0.05) is 17.7 Å². The van der Waals surface area contributed by atoms with Crippen LogP contribution in [0.1, 0.15) is 24.6 Å². The van der Waals surface area contributed by atoms with Crippen LogP contribution in [0.5, 0.6) is 0 Å². The van der Waals surface area contributed by atoms with Gasteiger partial charge in [0.2, 0.25) is 5.89 Å². The van der Waals surface area contributed by atoms with Crippen molar-refractivity contribution in [2.24, 2.45) is 4.99 Å². The molecule has 1 atom stereocenters. The van der Waals surface area contributed by atoms with Gasteiger partial charge in [0.15, 0.2) is 5.96 Å². The van der Waals surface area contributed by atoms with Gasteiger partial charge in [0.25, 0.3) is 0 Å². The number of nitrogens with one attached hydrogen (secondary N) is 2. The molecule has 29 heavy (non-hydrogen) atoms. The molecular formula is C20H26F3N5O. The molecule has 0 spiro atoms. The third kappa shape index (κ3) is 6.49. The molecular weight excluding hydrogens is 383 g/mol. The van der Waals surface area contributed by atoms with Crippen molar-refractivity contribution in [2.45, 2.75) is 39.0 Å². The van der Waals surface area contributed by atoms with Crippen LogP contribution in [0.15, 0.2) is 39.9 Å². The molecule has 3 rings (SSSR count). The molecule has 1 aliphatic rings. The highest BCUT2D eigenvalue weighted by Gasteiger charge is 2.34. The first kappa shape index (κ1) is 21.2. The summed E-state index contributed by atoms with van der Waals surface area (Å²) in [7, 11) is 0. The maximum atomic E-state index is 12.6. The average molecular weight is 409 g/mol. The Morgan fingerprint density at radius 1 is 1.31 bits per heavy atom. The van der Waals surface area contributed by atoms with Crippen LogP contribution in [-0.2, 0) is 6.54 Å². The van der Waals surface area contributed by atoms with Crippen LogP contribution >= 0.6 is 0 Å². The Balaban J connectivity index is 1.58. The number of aryl methyl sites for hydroxylation is 1. The first-order chi connectivity index (χ1) is 13.8. The minimum absolute atomic E-state index is 0.0735. The number of rotatable bonds is 6. The van der Waals surface area contributed by atoms with Gasteiger partial charge in [0.05, 0.1) is 13.1 Å². The normalized spacial score (nSPS) is 18.2. The number of aliphatic imine (C=N–C) groups is 1. The summed E-state index contributed by atoms with van der Waals surface area (Å²) >= 11 is 0. The van der Waals surface area contributed by atoms with E-state index in [1.165, 1.54) is 4.90 Å². The SMILES string of the molecule is CCNC(=NCc1coc(-c2ccc(C)cc2)n1)NC1CCN(CC(F)(F)F)C1. The van der Waals surface area contributed by atoms with E-state index < -0.39 is 12.7 Å². The Morgan fingerprint density at radius 2 is 2.07 bits per heavy atom. The van der Waals surface area contributed by atoms with Gasteiger partial charge >= 0.3 is 6.18 Å². The largest absolute Gasteiger partial charge is 0.444 e. The fourth-order valence-electron chi connectivity index (χ4n) is 3.23. The molecule has 2 heterocycles. The summed E-state index contributed by atoms with van der Waals surface area (Å²) in [6.07, 6.45) is -1.96. The van der Waals surface area contributed by atoms with Gasteiger partial charge in [-0.3, -0.25) is 4.90 Å². The highest BCUT2D eigenvalue weighted by Crippen LogP contribution is 2.21. The highest BCUT2D eigenvalue weighted by molar-refractivity contribution is 5.80. The van der Waals surface area contributed by atoms with E-state index in [0.29, 0.717) is 50.1 Å². The molecule has 1 unspecified atom stereocenters. The molecule has 0 radical (unpaired) electrons. The quantitative estimate of drug-likeness (QED) is 0.566. The van der Waals surface area contributed by atoms with Crippen LogP contribution in [-0.4, -0.2) is 54.2 Å². The van der Waals surface area contributed by atoms with Crippen LogP contribution in [0.2, 0.25) is 0 Å². The van der Waals surface area contributed by atoms with Crippen LogP contribution in [0.25, 0.3) is 11.5 Å². The zero-order chi connectivity index (χ0) is 20.9. The smallest absolute Gasteiger partial charge is 0.401 e. The van der Waals surface area contributed by atoms with Gasteiger partial charge in [0, 0.05) is 31.2 Å². The summed E-state index contributed by atoms with van der Waals surface area (Å²) in [5.74, 6) is 1.10. The Labute approximate surface area is 168 Å². The Hall–Kier alpha value is -2.55. The minimum atomic E-state index is -4.17. The lowest BCUT2D eigenvalue weighted by Crippen LogP contribution is -2.45. The third-order valence-corrected chi connectivity index (χ3v) is 4.61. The molecule has 0 saturated carbocycles. The maximum absolute atomic E-state index is 12.6.